The van der Waals surface area contributed by atoms with Gasteiger partial charge in [-0.2, -0.15) is 4.98 Å². The van der Waals surface area contributed by atoms with Crippen molar-refractivity contribution in [3.63, 3.8) is 0 Å². The highest BCUT2D eigenvalue weighted by Crippen LogP contribution is 2.44. The number of benzene rings is 1. The average molecular weight is 575 g/mol. The van der Waals surface area contributed by atoms with Gasteiger partial charge in [0.25, 0.3) is 0 Å². The lowest BCUT2D eigenvalue weighted by molar-refractivity contribution is -0.126. The molecule has 0 bridgehead atoms. The number of amides is 1. The van der Waals surface area contributed by atoms with Crippen LogP contribution >= 0.6 is 0 Å². The summed E-state index contributed by atoms with van der Waals surface area (Å²) in [5, 5.41) is 10.7. The van der Waals surface area contributed by atoms with Gasteiger partial charge in [-0.15, -0.1) is 0 Å². The van der Waals surface area contributed by atoms with E-state index in [0.717, 1.165) is 6.07 Å². The molecule has 5 heterocycles. The lowest BCUT2D eigenvalue weighted by Gasteiger charge is -2.40. The number of phenolic OH excluding ortho intramolecular Hbond substituents is 1. The van der Waals surface area contributed by atoms with Crippen molar-refractivity contribution >= 4 is 22.8 Å². The number of nitrogens with zero attached hydrogens (tertiary/aromatic N) is 6. The molecule has 1 saturated heterocycles. The number of anilines is 1. The molecule has 0 unspecified atom stereocenters. The third-order valence-electron chi connectivity index (χ3n) is 7.72. The number of carbonyl (C=O) groups excluding carboxylic acids is 1. The van der Waals surface area contributed by atoms with Crippen molar-refractivity contribution in [2.24, 2.45) is 0 Å². The van der Waals surface area contributed by atoms with E-state index in [1.54, 1.807) is 17.2 Å². The maximum atomic E-state index is 16.4. The summed E-state index contributed by atoms with van der Waals surface area (Å²) < 4.78 is 38.8. The number of aromatic nitrogens is 4. The zero-order chi connectivity index (χ0) is 29.9. The van der Waals surface area contributed by atoms with Crippen molar-refractivity contribution in [3.8, 4) is 28.4 Å². The van der Waals surface area contributed by atoms with Gasteiger partial charge in [-0.1, -0.05) is 26.5 Å². The summed E-state index contributed by atoms with van der Waals surface area (Å²) in [6.07, 6.45) is 2.86. The normalized spacial score (nSPS) is 16.3. The van der Waals surface area contributed by atoms with Crippen LogP contribution in [0.25, 0.3) is 28.0 Å². The number of hydrogen-bond acceptors (Lipinski definition) is 8. The van der Waals surface area contributed by atoms with E-state index in [4.69, 9.17) is 4.74 Å². The SMILES string of the molecule is C=CC(=O)N1CCN2c3nc(=O)n(-c4c(C)ccnc4C(C)C)c4nc(-c5c(O)cccc5F)c(F)c(c34)OC[C@H]2C1. The first kappa shape index (κ1) is 27.3. The van der Waals surface area contributed by atoms with Crippen LogP contribution in [0.15, 0.2) is 47.9 Å². The van der Waals surface area contributed by atoms with Gasteiger partial charge in [0.2, 0.25) is 5.91 Å². The Morgan fingerprint density at radius 1 is 1.21 bits per heavy atom. The van der Waals surface area contributed by atoms with Crippen LogP contribution in [0.5, 0.6) is 11.5 Å². The molecule has 4 aromatic rings. The van der Waals surface area contributed by atoms with Crippen LogP contribution in [-0.2, 0) is 4.79 Å². The summed E-state index contributed by atoms with van der Waals surface area (Å²) in [5.41, 5.74) is -0.00881. The molecule has 1 fully saturated rings. The Labute approximate surface area is 239 Å². The highest BCUT2D eigenvalue weighted by Gasteiger charge is 2.38. The Kier molecular flexibility index (Phi) is 6.63. The monoisotopic (exact) mass is 574 g/mol. The summed E-state index contributed by atoms with van der Waals surface area (Å²) in [6.45, 7) is 9.98. The van der Waals surface area contributed by atoms with Gasteiger partial charge in [-0.3, -0.25) is 9.78 Å². The zero-order valence-corrected chi connectivity index (χ0v) is 23.3. The predicted octanol–water partition coefficient (Wildman–Crippen LogP) is 3.85. The van der Waals surface area contributed by atoms with E-state index >= 15 is 8.78 Å². The number of pyridine rings is 2. The zero-order valence-electron chi connectivity index (χ0n) is 23.3. The Morgan fingerprint density at radius 2 is 2.00 bits per heavy atom. The molecule has 12 heteroatoms. The van der Waals surface area contributed by atoms with E-state index in [-0.39, 0.29) is 47.6 Å². The fourth-order valence-electron chi connectivity index (χ4n) is 5.71. The maximum absolute atomic E-state index is 16.4. The van der Waals surface area contributed by atoms with Crippen LogP contribution in [0.1, 0.15) is 31.0 Å². The molecule has 2 aliphatic rings. The number of aromatic hydroxyl groups is 1. The number of ether oxygens (including phenoxy) is 1. The second-order valence-electron chi connectivity index (χ2n) is 10.7. The number of carbonyl (C=O) groups is 1. The predicted molar refractivity (Wildman–Crippen MR) is 152 cm³/mol. The molecule has 216 valence electrons. The lowest BCUT2D eigenvalue weighted by atomic mass is 10.0. The Hall–Kier alpha value is -4.87. The number of phenols is 1. The number of fused-ring (bicyclic) bond motifs is 2. The smallest absolute Gasteiger partial charge is 0.355 e. The maximum Gasteiger partial charge on any atom is 0.355 e. The van der Waals surface area contributed by atoms with Crippen molar-refractivity contribution in [3.05, 3.63) is 76.5 Å². The van der Waals surface area contributed by atoms with E-state index in [2.05, 4.69) is 21.5 Å². The molecule has 1 amide bonds. The molecular formula is C30H28F2N6O4. The Bertz CT molecular complexity index is 1820. The van der Waals surface area contributed by atoms with Gasteiger partial charge in [-0.25, -0.2) is 23.1 Å². The number of aryl methyl sites for hydroxylation is 1. The molecule has 1 atom stereocenters. The molecule has 1 N–H and O–H groups in total. The number of hydrogen-bond donors (Lipinski definition) is 1. The van der Waals surface area contributed by atoms with Gasteiger partial charge >= 0.3 is 5.69 Å². The van der Waals surface area contributed by atoms with Crippen molar-refractivity contribution in [2.75, 3.05) is 31.1 Å². The van der Waals surface area contributed by atoms with Gasteiger partial charge in [0.15, 0.2) is 17.2 Å². The third kappa shape index (κ3) is 4.16. The average Bonchev–Trinajstić information content (AvgIpc) is 3.12. The van der Waals surface area contributed by atoms with Crippen LogP contribution < -0.4 is 15.3 Å². The molecule has 0 saturated carbocycles. The molecule has 42 heavy (non-hydrogen) atoms. The molecule has 0 radical (unpaired) electrons. The molecule has 10 nitrogen and oxygen atoms in total. The largest absolute Gasteiger partial charge is 0.507 e. The first-order valence-corrected chi connectivity index (χ1v) is 13.5. The van der Waals surface area contributed by atoms with Gasteiger partial charge in [0, 0.05) is 25.8 Å². The second kappa shape index (κ2) is 10.2. The van der Waals surface area contributed by atoms with Crippen molar-refractivity contribution in [2.45, 2.75) is 32.7 Å². The van der Waals surface area contributed by atoms with Crippen LogP contribution in [0.4, 0.5) is 14.6 Å². The fraction of sp³-hybridized carbons (Fsp3) is 0.300. The van der Waals surface area contributed by atoms with Gasteiger partial charge in [0.05, 0.1) is 23.0 Å². The Morgan fingerprint density at radius 3 is 2.71 bits per heavy atom. The van der Waals surface area contributed by atoms with Gasteiger partial charge in [0.1, 0.15) is 35.1 Å². The Balaban J connectivity index is 1.71. The summed E-state index contributed by atoms with van der Waals surface area (Å²) in [4.78, 5) is 43.2. The minimum atomic E-state index is -1.01. The van der Waals surface area contributed by atoms with Crippen molar-refractivity contribution in [1.82, 2.24) is 24.4 Å². The van der Waals surface area contributed by atoms with Crippen LogP contribution in [0, 0.1) is 18.6 Å². The minimum absolute atomic E-state index is 0.0256. The van der Waals surface area contributed by atoms with E-state index in [1.165, 1.54) is 22.8 Å². The first-order valence-electron chi connectivity index (χ1n) is 13.5. The fourth-order valence-corrected chi connectivity index (χ4v) is 5.71. The quantitative estimate of drug-likeness (QED) is 0.366. The van der Waals surface area contributed by atoms with Gasteiger partial charge in [-0.05, 0) is 42.7 Å². The molecule has 0 spiro atoms. The molecule has 0 aliphatic carbocycles. The summed E-state index contributed by atoms with van der Waals surface area (Å²) in [6, 6.07) is 4.86. The summed E-state index contributed by atoms with van der Waals surface area (Å²) >= 11 is 0. The molecule has 1 aromatic carbocycles. The number of rotatable bonds is 4. The van der Waals surface area contributed by atoms with E-state index in [9.17, 15) is 14.7 Å². The molecule has 2 aliphatic heterocycles. The topological polar surface area (TPSA) is 114 Å². The van der Waals surface area contributed by atoms with E-state index < -0.39 is 40.4 Å². The first-order chi connectivity index (χ1) is 20.1. The number of piperazine rings is 1. The van der Waals surface area contributed by atoms with Gasteiger partial charge < -0.3 is 19.6 Å². The molecular weight excluding hydrogens is 546 g/mol. The minimum Gasteiger partial charge on any atom is -0.507 e. The van der Waals surface area contributed by atoms with E-state index in [1.807, 2.05) is 25.7 Å². The number of halogens is 2. The van der Waals surface area contributed by atoms with Crippen LogP contribution in [-0.4, -0.2) is 67.7 Å². The summed E-state index contributed by atoms with van der Waals surface area (Å²) in [7, 11) is 0. The second-order valence-corrected chi connectivity index (χ2v) is 10.7. The van der Waals surface area contributed by atoms with Crippen molar-refractivity contribution < 1.29 is 23.4 Å². The lowest BCUT2D eigenvalue weighted by Crippen LogP contribution is -2.56. The third-order valence-corrected chi connectivity index (χ3v) is 7.72. The van der Waals surface area contributed by atoms with Crippen molar-refractivity contribution in [1.29, 1.82) is 0 Å². The highest BCUT2D eigenvalue weighted by atomic mass is 19.1. The molecule has 3 aromatic heterocycles. The highest BCUT2D eigenvalue weighted by molar-refractivity contribution is 5.97. The van der Waals surface area contributed by atoms with E-state index in [0.29, 0.717) is 30.0 Å². The molecule has 6 rings (SSSR count). The standard InChI is InChI=1S/C30H28F2N6O4/c1-5-20(40)36-11-12-37-17(13-36)14-42-27-22-28(37)35-30(41)38(26-16(4)9-10-33-24(26)15(2)3)29(22)34-25(23(27)32)21-18(31)7-6-8-19(21)39/h5-10,15,17,39H,1,11-14H2,2-4H3/t17-/m1/s1. The summed E-state index contributed by atoms with van der Waals surface area (Å²) in [5.74, 6) is -2.94. The van der Waals surface area contributed by atoms with Crippen LogP contribution in [0.2, 0.25) is 0 Å². The van der Waals surface area contributed by atoms with Crippen LogP contribution in [0.3, 0.4) is 0 Å².